The molecule has 0 spiro atoms. The van der Waals surface area contributed by atoms with E-state index in [4.69, 9.17) is 0 Å². The molecule has 1 N–H and O–H groups in total. The highest BCUT2D eigenvalue weighted by Gasteiger charge is 2.29. The molecule has 2 heterocycles. The normalized spacial score (nSPS) is 22.5. The van der Waals surface area contributed by atoms with Gasteiger partial charge in [-0.25, -0.2) is 8.78 Å². The number of piperidine rings is 1. The Labute approximate surface area is 153 Å². The molecule has 0 radical (unpaired) electrons. The van der Waals surface area contributed by atoms with Crippen LogP contribution in [0.1, 0.15) is 24.4 Å². The van der Waals surface area contributed by atoms with Gasteiger partial charge in [0.2, 0.25) is 0 Å². The highest BCUT2D eigenvalue weighted by molar-refractivity contribution is 5.47. The van der Waals surface area contributed by atoms with Crippen molar-refractivity contribution < 1.29 is 8.78 Å². The van der Waals surface area contributed by atoms with Crippen LogP contribution in [0.5, 0.6) is 0 Å². The second kappa shape index (κ2) is 7.72. The summed E-state index contributed by atoms with van der Waals surface area (Å²) in [5.74, 6) is -1.55. The molecule has 2 aliphatic rings. The smallest absolute Gasteiger partial charge is 0.160 e. The van der Waals surface area contributed by atoms with Crippen LogP contribution in [-0.4, -0.2) is 43.7 Å². The summed E-state index contributed by atoms with van der Waals surface area (Å²) in [5, 5.41) is 3.62. The second-order valence-electron chi connectivity index (χ2n) is 7.23. The molecule has 138 valence electrons. The fourth-order valence-electron chi connectivity index (χ4n) is 4.18. The van der Waals surface area contributed by atoms with E-state index in [9.17, 15) is 8.78 Å². The molecule has 1 unspecified atom stereocenters. The summed E-state index contributed by atoms with van der Waals surface area (Å²) in [4.78, 5) is 4.76. The molecule has 0 bridgehead atoms. The van der Waals surface area contributed by atoms with Crippen LogP contribution in [0.2, 0.25) is 0 Å². The fourth-order valence-corrected chi connectivity index (χ4v) is 4.18. The van der Waals surface area contributed by atoms with Gasteiger partial charge in [-0.1, -0.05) is 30.3 Å². The molecule has 2 fully saturated rings. The average molecular weight is 357 g/mol. The van der Waals surface area contributed by atoms with Gasteiger partial charge in [0.25, 0.3) is 0 Å². The zero-order chi connectivity index (χ0) is 17.9. The number of anilines is 1. The Balaban J connectivity index is 1.36. The maximum Gasteiger partial charge on any atom is 0.160 e. The number of halogens is 2. The maximum absolute atomic E-state index is 13.5. The van der Waals surface area contributed by atoms with Crippen molar-refractivity contribution in [3.63, 3.8) is 0 Å². The van der Waals surface area contributed by atoms with E-state index in [1.165, 1.54) is 17.7 Å². The summed E-state index contributed by atoms with van der Waals surface area (Å²) >= 11 is 0. The third-order valence-corrected chi connectivity index (χ3v) is 5.66. The fraction of sp³-hybridized carbons (Fsp3) is 0.429. The zero-order valence-electron chi connectivity index (χ0n) is 14.9. The SMILES string of the molecule is Fc1ccc(N2CCC(N3CCNC(c4ccccc4)C3)CC2)cc1F. The lowest BCUT2D eigenvalue weighted by Gasteiger charge is -2.43. The van der Waals surface area contributed by atoms with E-state index < -0.39 is 11.6 Å². The molecule has 0 amide bonds. The first-order chi connectivity index (χ1) is 12.7. The van der Waals surface area contributed by atoms with Crippen LogP contribution in [0.4, 0.5) is 14.5 Å². The minimum Gasteiger partial charge on any atom is -0.371 e. The van der Waals surface area contributed by atoms with E-state index in [0.29, 0.717) is 12.1 Å². The van der Waals surface area contributed by atoms with Crippen molar-refractivity contribution in [2.45, 2.75) is 24.9 Å². The molecule has 2 aromatic carbocycles. The zero-order valence-corrected chi connectivity index (χ0v) is 14.9. The lowest BCUT2D eigenvalue weighted by atomic mass is 9.98. The van der Waals surface area contributed by atoms with Crippen molar-refractivity contribution in [1.82, 2.24) is 10.2 Å². The van der Waals surface area contributed by atoms with Crippen LogP contribution in [0.15, 0.2) is 48.5 Å². The Bertz CT molecular complexity index is 729. The standard InChI is InChI=1S/C21H25F2N3/c22-19-7-6-18(14-20(19)23)25-11-8-17(9-12-25)26-13-10-24-21(15-26)16-4-2-1-3-5-16/h1-7,14,17,21,24H,8-13,15H2. The monoisotopic (exact) mass is 357 g/mol. The Hall–Kier alpha value is -1.98. The largest absolute Gasteiger partial charge is 0.371 e. The average Bonchev–Trinajstić information content (AvgIpc) is 2.71. The van der Waals surface area contributed by atoms with Crippen molar-refractivity contribution >= 4 is 5.69 Å². The Morgan fingerprint density at radius 2 is 1.65 bits per heavy atom. The summed E-state index contributed by atoms with van der Waals surface area (Å²) in [7, 11) is 0. The topological polar surface area (TPSA) is 18.5 Å². The third-order valence-electron chi connectivity index (χ3n) is 5.66. The van der Waals surface area contributed by atoms with Gasteiger partial charge in [0.05, 0.1) is 0 Å². The van der Waals surface area contributed by atoms with Gasteiger partial charge in [0.15, 0.2) is 11.6 Å². The van der Waals surface area contributed by atoms with Crippen molar-refractivity contribution in [2.24, 2.45) is 0 Å². The van der Waals surface area contributed by atoms with Crippen LogP contribution >= 0.6 is 0 Å². The summed E-state index contributed by atoms with van der Waals surface area (Å²) in [6.07, 6.45) is 2.11. The van der Waals surface area contributed by atoms with Gasteiger partial charge in [-0.05, 0) is 30.5 Å². The Kier molecular flexibility index (Phi) is 5.18. The quantitative estimate of drug-likeness (QED) is 0.906. The van der Waals surface area contributed by atoms with Gasteiger partial charge < -0.3 is 10.2 Å². The molecule has 5 heteroatoms. The van der Waals surface area contributed by atoms with Crippen molar-refractivity contribution in [1.29, 1.82) is 0 Å². The first-order valence-corrected chi connectivity index (χ1v) is 9.43. The Morgan fingerprint density at radius 3 is 2.38 bits per heavy atom. The predicted molar refractivity (Wildman–Crippen MR) is 100 cm³/mol. The number of hydrogen-bond donors (Lipinski definition) is 1. The molecular formula is C21H25F2N3. The van der Waals surface area contributed by atoms with Gasteiger partial charge in [-0.3, -0.25) is 4.90 Å². The van der Waals surface area contributed by atoms with Gasteiger partial charge in [-0.2, -0.15) is 0 Å². The number of nitrogens with zero attached hydrogens (tertiary/aromatic N) is 2. The Morgan fingerprint density at radius 1 is 0.885 bits per heavy atom. The molecule has 1 atom stereocenters. The first kappa shape index (κ1) is 17.4. The molecule has 4 rings (SSSR count). The molecule has 2 aromatic rings. The molecule has 0 saturated carbocycles. The summed E-state index contributed by atoms with van der Waals surface area (Å²) in [6.45, 7) is 4.87. The van der Waals surface area contributed by atoms with E-state index in [1.807, 2.05) is 0 Å². The van der Waals surface area contributed by atoms with Crippen LogP contribution < -0.4 is 10.2 Å². The van der Waals surface area contributed by atoms with Crippen molar-refractivity contribution in [2.75, 3.05) is 37.6 Å². The summed E-state index contributed by atoms with van der Waals surface area (Å²) in [5.41, 5.74) is 2.13. The van der Waals surface area contributed by atoms with E-state index >= 15 is 0 Å². The summed E-state index contributed by atoms with van der Waals surface area (Å²) < 4.78 is 26.6. The third kappa shape index (κ3) is 3.74. The number of piperazine rings is 1. The van der Waals surface area contributed by atoms with Crippen LogP contribution in [-0.2, 0) is 0 Å². The molecule has 2 aliphatic heterocycles. The van der Waals surface area contributed by atoms with E-state index in [1.54, 1.807) is 6.07 Å². The number of rotatable bonds is 3. The highest BCUT2D eigenvalue weighted by Crippen LogP contribution is 2.26. The number of nitrogens with one attached hydrogen (secondary N) is 1. The second-order valence-corrected chi connectivity index (χ2v) is 7.23. The lowest BCUT2D eigenvalue weighted by molar-refractivity contribution is 0.125. The van der Waals surface area contributed by atoms with Crippen molar-refractivity contribution in [3.8, 4) is 0 Å². The molecule has 2 saturated heterocycles. The van der Waals surface area contributed by atoms with Gasteiger partial charge in [0, 0.05) is 56.6 Å². The van der Waals surface area contributed by atoms with Crippen LogP contribution in [0.25, 0.3) is 0 Å². The minimum absolute atomic E-state index is 0.383. The predicted octanol–water partition coefficient (Wildman–Crippen LogP) is 3.58. The number of benzene rings is 2. The molecule has 3 nitrogen and oxygen atoms in total. The molecule has 26 heavy (non-hydrogen) atoms. The van der Waals surface area contributed by atoms with Crippen molar-refractivity contribution in [3.05, 3.63) is 65.7 Å². The summed E-state index contributed by atoms with van der Waals surface area (Å²) in [6, 6.07) is 15.8. The first-order valence-electron chi connectivity index (χ1n) is 9.43. The van der Waals surface area contributed by atoms with E-state index in [2.05, 4.69) is 45.4 Å². The maximum atomic E-state index is 13.5. The van der Waals surface area contributed by atoms with Crippen LogP contribution in [0, 0.1) is 11.6 Å². The minimum atomic E-state index is -0.781. The van der Waals surface area contributed by atoms with Gasteiger partial charge >= 0.3 is 0 Å². The van der Waals surface area contributed by atoms with Crippen LogP contribution in [0.3, 0.4) is 0 Å². The van der Waals surface area contributed by atoms with E-state index in [-0.39, 0.29) is 0 Å². The highest BCUT2D eigenvalue weighted by atomic mass is 19.2. The number of hydrogen-bond acceptors (Lipinski definition) is 3. The van der Waals surface area contributed by atoms with Gasteiger partial charge in [-0.15, -0.1) is 0 Å². The molecular weight excluding hydrogens is 332 g/mol. The lowest BCUT2D eigenvalue weighted by Crippen LogP contribution is -2.53. The van der Waals surface area contributed by atoms with E-state index in [0.717, 1.165) is 51.3 Å². The molecule has 0 aliphatic carbocycles. The van der Waals surface area contributed by atoms with Gasteiger partial charge in [0.1, 0.15) is 0 Å². The molecule has 0 aromatic heterocycles.